The molecular formula is C22H30N4O4. The highest BCUT2D eigenvalue weighted by Gasteiger charge is 2.58. The predicted molar refractivity (Wildman–Crippen MR) is 110 cm³/mol. The number of primary amides is 1. The van der Waals surface area contributed by atoms with Crippen LogP contribution < -0.4 is 15.8 Å². The lowest BCUT2D eigenvalue weighted by Crippen LogP contribution is -2.60. The van der Waals surface area contributed by atoms with Gasteiger partial charge in [0.1, 0.15) is 17.7 Å². The molecule has 0 aromatic carbocycles. The topological polar surface area (TPSA) is 115 Å². The zero-order valence-electron chi connectivity index (χ0n) is 17.6. The summed E-state index contributed by atoms with van der Waals surface area (Å²) in [6.45, 7) is 4.26. The summed E-state index contributed by atoms with van der Waals surface area (Å²) in [7, 11) is 0. The summed E-state index contributed by atoms with van der Waals surface area (Å²) < 4.78 is 5.89. The van der Waals surface area contributed by atoms with E-state index in [1.165, 1.54) is 4.90 Å². The van der Waals surface area contributed by atoms with Crippen LogP contribution in [-0.4, -0.2) is 45.9 Å². The van der Waals surface area contributed by atoms with Gasteiger partial charge < -0.3 is 15.8 Å². The van der Waals surface area contributed by atoms with E-state index in [4.69, 9.17) is 10.5 Å². The molecule has 3 aliphatic rings. The van der Waals surface area contributed by atoms with Gasteiger partial charge in [-0.1, -0.05) is 26.7 Å². The lowest BCUT2D eigenvalue weighted by atomic mass is 9.52. The van der Waals surface area contributed by atoms with Gasteiger partial charge in [-0.3, -0.25) is 14.5 Å². The second-order valence-electron chi connectivity index (χ2n) is 9.27. The fraction of sp³-hybridized carbons (Fsp3) is 0.636. The van der Waals surface area contributed by atoms with Crippen LogP contribution in [0.1, 0.15) is 69.2 Å². The van der Waals surface area contributed by atoms with Crippen molar-refractivity contribution in [2.75, 3.05) is 0 Å². The van der Waals surface area contributed by atoms with Crippen molar-refractivity contribution in [3.63, 3.8) is 0 Å². The molecule has 3 N–H and O–H groups in total. The van der Waals surface area contributed by atoms with Crippen LogP contribution in [0, 0.1) is 11.3 Å². The summed E-state index contributed by atoms with van der Waals surface area (Å²) in [6.07, 6.45) is 7.68. The van der Waals surface area contributed by atoms with Crippen LogP contribution in [-0.2, 0) is 4.79 Å². The number of pyridine rings is 1. The monoisotopic (exact) mass is 414 g/mol. The smallest absolute Gasteiger partial charge is 0.325 e. The number of nitrogens with zero attached hydrogens (tertiary/aromatic N) is 2. The molecule has 0 bridgehead atoms. The number of nitrogens with two attached hydrogens (primary N) is 1. The molecule has 2 heterocycles. The molecule has 1 aromatic rings. The number of rotatable bonds is 8. The maximum absolute atomic E-state index is 12.8. The highest BCUT2D eigenvalue weighted by Crippen LogP contribution is 2.58. The van der Waals surface area contributed by atoms with Crippen molar-refractivity contribution in [3.8, 4) is 5.88 Å². The molecule has 30 heavy (non-hydrogen) atoms. The van der Waals surface area contributed by atoms with Crippen LogP contribution in [0.5, 0.6) is 5.88 Å². The molecule has 2 aliphatic carbocycles. The highest BCUT2D eigenvalue weighted by atomic mass is 16.5. The normalized spacial score (nSPS) is 31.1. The van der Waals surface area contributed by atoms with Crippen molar-refractivity contribution < 1.29 is 19.1 Å². The molecule has 1 saturated heterocycles. The Morgan fingerprint density at radius 2 is 2.10 bits per heavy atom. The predicted octanol–water partition coefficient (Wildman–Crippen LogP) is 2.62. The zero-order chi connectivity index (χ0) is 21.5. The van der Waals surface area contributed by atoms with E-state index in [0.717, 1.165) is 38.5 Å². The van der Waals surface area contributed by atoms with Gasteiger partial charge in [-0.15, -0.1) is 0 Å². The van der Waals surface area contributed by atoms with Gasteiger partial charge in [0.05, 0.1) is 0 Å². The van der Waals surface area contributed by atoms with Gasteiger partial charge in [-0.2, -0.15) is 0 Å². The fourth-order valence-corrected chi connectivity index (χ4v) is 5.34. The Labute approximate surface area is 176 Å². The number of hydrogen-bond acceptors (Lipinski definition) is 5. The zero-order valence-corrected chi connectivity index (χ0v) is 17.6. The van der Waals surface area contributed by atoms with Gasteiger partial charge in [0.15, 0.2) is 0 Å². The van der Waals surface area contributed by atoms with E-state index in [9.17, 15) is 14.4 Å². The van der Waals surface area contributed by atoms with E-state index < -0.39 is 5.91 Å². The summed E-state index contributed by atoms with van der Waals surface area (Å²) in [5, 5.41) is 2.87. The number of imide groups is 1. The molecule has 0 radical (unpaired) electrons. The van der Waals surface area contributed by atoms with Crippen LogP contribution >= 0.6 is 0 Å². The molecule has 3 fully saturated rings. The number of nitrogens with one attached hydrogen (secondary N) is 1. The second kappa shape index (κ2) is 7.89. The number of carbonyl (C=O) groups excluding carboxylic acids is 3. The summed E-state index contributed by atoms with van der Waals surface area (Å²) in [5.41, 5.74) is 5.78. The number of urea groups is 1. The third kappa shape index (κ3) is 3.75. The molecule has 8 heteroatoms. The Bertz CT molecular complexity index is 843. The van der Waals surface area contributed by atoms with Gasteiger partial charge in [0.25, 0.3) is 11.8 Å². The molecule has 1 spiro atoms. The first-order valence-electron chi connectivity index (χ1n) is 10.9. The fourth-order valence-electron chi connectivity index (χ4n) is 5.34. The first-order chi connectivity index (χ1) is 14.3. The summed E-state index contributed by atoms with van der Waals surface area (Å²) in [5.74, 6) is 0.0592. The van der Waals surface area contributed by atoms with Crippen molar-refractivity contribution in [1.29, 1.82) is 0 Å². The average Bonchev–Trinajstić information content (AvgIpc) is 2.90. The Kier molecular flexibility index (Phi) is 5.42. The molecule has 1 aromatic heterocycles. The Morgan fingerprint density at radius 1 is 1.37 bits per heavy atom. The Balaban J connectivity index is 1.28. The van der Waals surface area contributed by atoms with E-state index in [1.807, 2.05) is 0 Å². The minimum absolute atomic E-state index is 0.0234. The largest absolute Gasteiger partial charge is 0.474 e. The third-order valence-corrected chi connectivity index (χ3v) is 6.81. The van der Waals surface area contributed by atoms with Crippen LogP contribution in [0.3, 0.4) is 0 Å². The van der Waals surface area contributed by atoms with Crippen molar-refractivity contribution in [2.24, 2.45) is 17.1 Å². The maximum Gasteiger partial charge on any atom is 0.325 e. The Morgan fingerprint density at radius 3 is 2.77 bits per heavy atom. The lowest BCUT2D eigenvalue weighted by Gasteiger charge is -2.58. The van der Waals surface area contributed by atoms with Crippen molar-refractivity contribution in [3.05, 3.63) is 23.9 Å². The molecule has 162 valence electrons. The van der Waals surface area contributed by atoms with Gasteiger partial charge in [-0.25, -0.2) is 9.78 Å². The molecular weight excluding hydrogens is 384 g/mol. The van der Waals surface area contributed by atoms with Gasteiger partial charge in [0, 0.05) is 12.2 Å². The summed E-state index contributed by atoms with van der Waals surface area (Å²) in [4.78, 5) is 42.3. The molecule has 2 atom stereocenters. The first kappa shape index (κ1) is 20.6. The highest BCUT2D eigenvalue weighted by molar-refractivity contribution is 6.04. The second-order valence-corrected chi connectivity index (χ2v) is 9.27. The Hall–Kier alpha value is -2.64. The average molecular weight is 415 g/mol. The van der Waals surface area contributed by atoms with Crippen molar-refractivity contribution >= 4 is 17.8 Å². The number of amides is 4. The summed E-state index contributed by atoms with van der Waals surface area (Å²) in [6, 6.07) is 2.60. The number of carbonyl (C=O) groups is 3. The molecule has 4 amide bonds. The van der Waals surface area contributed by atoms with Crippen LogP contribution in [0.2, 0.25) is 0 Å². The standard InChI is InChI=1S/C22H30N4O4/c1-3-5-13(2)8-17-20(28)26(21(29)25-17)14-9-22(10-14)11-15(12-22)30-19-16(18(23)27)6-4-7-24-19/h4,6-7,13-15,17H,3,5,8-12H2,1-2H3,(H2,23,27)(H,25,29)/t13?,14-,15-,17?,22?. The third-order valence-electron chi connectivity index (χ3n) is 6.81. The molecule has 8 nitrogen and oxygen atoms in total. The van der Waals surface area contributed by atoms with Crippen molar-refractivity contribution in [1.82, 2.24) is 15.2 Å². The van der Waals surface area contributed by atoms with Crippen molar-refractivity contribution in [2.45, 2.75) is 77.0 Å². The number of aromatic nitrogens is 1. The summed E-state index contributed by atoms with van der Waals surface area (Å²) >= 11 is 0. The molecule has 4 rings (SSSR count). The number of ether oxygens (including phenoxy) is 1. The quantitative estimate of drug-likeness (QED) is 0.635. The van der Waals surface area contributed by atoms with Gasteiger partial charge in [0.2, 0.25) is 5.88 Å². The van der Waals surface area contributed by atoms with Crippen LogP contribution in [0.15, 0.2) is 18.3 Å². The molecule has 1 aliphatic heterocycles. The molecule has 2 saturated carbocycles. The van der Waals surface area contributed by atoms with Gasteiger partial charge >= 0.3 is 6.03 Å². The van der Waals surface area contributed by atoms with E-state index >= 15 is 0 Å². The lowest BCUT2D eigenvalue weighted by molar-refractivity contribution is -0.141. The minimum Gasteiger partial charge on any atom is -0.474 e. The van der Waals surface area contributed by atoms with E-state index in [0.29, 0.717) is 12.3 Å². The van der Waals surface area contributed by atoms with E-state index in [-0.39, 0.29) is 47.0 Å². The van der Waals surface area contributed by atoms with E-state index in [1.54, 1.807) is 18.3 Å². The maximum atomic E-state index is 12.8. The van der Waals surface area contributed by atoms with E-state index in [2.05, 4.69) is 24.1 Å². The van der Waals surface area contributed by atoms with Crippen LogP contribution in [0.25, 0.3) is 0 Å². The molecule has 2 unspecified atom stereocenters. The first-order valence-corrected chi connectivity index (χ1v) is 10.9. The van der Waals surface area contributed by atoms with Gasteiger partial charge in [-0.05, 0) is 55.6 Å². The van der Waals surface area contributed by atoms with Crippen LogP contribution in [0.4, 0.5) is 4.79 Å². The number of hydrogen-bond donors (Lipinski definition) is 2. The SMILES string of the molecule is CCCC(C)CC1NC(=O)N([C@H]2CC3(C[C@H](Oc4ncccc4C(N)=O)C3)C2)C1=O. The minimum atomic E-state index is -0.558.